The lowest BCUT2D eigenvalue weighted by atomic mass is 9.97. The van der Waals surface area contributed by atoms with Crippen LogP contribution in [0.5, 0.6) is 5.75 Å². The Labute approximate surface area is 94.8 Å². The Morgan fingerprint density at radius 3 is 2.19 bits per heavy atom. The van der Waals surface area contributed by atoms with Gasteiger partial charge in [-0.05, 0) is 35.7 Å². The zero-order chi connectivity index (χ0) is 11.5. The first-order valence-electron chi connectivity index (χ1n) is 5.25. The molecule has 1 unspecified atom stereocenters. The minimum absolute atomic E-state index is 0.248. The van der Waals surface area contributed by atoms with Gasteiger partial charge in [-0.3, -0.25) is 0 Å². The second-order valence-electron chi connectivity index (χ2n) is 3.81. The van der Waals surface area contributed by atoms with Crippen molar-refractivity contribution in [2.24, 2.45) is 0 Å². The van der Waals surface area contributed by atoms with Crippen molar-refractivity contribution < 1.29 is 10.2 Å². The van der Waals surface area contributed by atoms with Gasteiger partial charge >= 0.3 is 0 Å². The molecule has 2 N–H and O–H groups in total. The Bertz CT molecular complexity index is 472. The van der Waals surface area contributed by atoms with Crippen molar-refractivity contribution in [3.63, 3.8) is 0 Å². The van der Waals surface area contributed by atoms with Crippen LogP contribution in [-0.2, 0) is 0 Å². The average molecular weight is 214 g/mol. The van der Waals surface area contributed by atoms with E-state index in [-0.39, 0.29) is 5.75 Å². The lowest BCUT2D eigenvalue weighted by Gasteiger charge is -2.11. The first kappa shape index (κ1) is 10.7. The fourth-order valence-electron chi connectivity index (χ4n) is 1.77. The molecule has 1 atom stereocenters. The fourth-order valence-corrected chi connectivity index (χ4v) is 1.77. The Balaban J connectivity index is 2.51. The molecular formula is C14H14O2. The van der Waals surface area contributed by atoms with E-state index in [1.54, 1.807) is 19.1 Å². The van der Waals surface area contributed by atoms with Gasteiger partial charge in [0.2, 0.25) is 0 Å². The molecule has 0 spiro atoms. The minimum Gasteiger partial charge on any atom is -0.508 e. The van der Waals surface area contributed by atoms with Crippen molar-refractivity contribution in [2.75, 3.05) is 0 Å². The number of phenols is 1. The van der Waals surface area contributed by atoms with Crippen molar-refractivity contribution in [2.45, 2.75) is 13.0 Å². The van der Waals surface area contributed by atoms with Crippen LogP contribution in [0, 0.1) is 0 Å². The molecule has 2 heteroatoms. The SMILES string of the molecule is CC(O)c1ccccc1-c1ccc(O)cc1. The van der Waals surface area contributed by atoms with Crippen LogP contribution in [0.1, 0.15) is 18.6 Å². The van der Waals surface area contributed by atoms with Gasteiger partial charge in [0.1, 0.15) is 5.75 Å². The maximum Gasteiger partial charge on any atom is 0.115 e. The number of benzene rings is 2. The molecule has 0 saturated heterocycles. The maximum atomic E-state index is 9.67. The van der Waals surface area contributed by atoms with E-state index in [4.69, 9.17) is 0 Å². The second-order valence-corrected chi connectivity index (χ2v) is 3.81. The zero-order valence-corrected chi connectivity index (χ0v) is 9.09. The second kappa shape index (κ2) is 4.37. The van der Waals surface area contributed by atoms with Crippen LogP contribution in [0.3, 0.4) is 0 Å². The molecule has 2 rings (SSSR count). The molecule has 2 aromatic rings. The highest BCUT2D eigenvalue weighted by atomic mass is 16.3. The minimum atomic E-state index is -0.495. The molecule has 2 nitrogen and oxygen atoms in total. The lowest BCUT2D eigenvalue weighted by molar-refractivity contribution is 0.200. The van der Waals surface area contributed by atoms with Crippen molar-refractivity contribution in [3.05, 3.63) is 54.1 Å². The molecule has 2 aromatic carbocycles. The normalized spacial score (nSPS) is 12.4. The van der Waals surface area contributed by atoms with Gasteiger partial charge in [0.05, 0.1) is 6.10 Å². The number of aliphatic hydroxyl groups excluding tert-OH is 1. The molecule has 0 radical (unpaired) electrons. The summed E-state index contributed by atoms with van der Waals surface area (Å²) >= 11 is 0. The van der Waals surface area contributed by atoms with Gasteiger partial charge in [0.25, 0.3) is 0 Å². The summed E-state index contributed by atoms with van der Waals surface area (Å²) in [6.45, 7) is 1.75. The number of hydrogen-bond donors (Lipinski definition) is 2. The van der Waals surface area contributed by atoms with Crippen LogP contribution in [0.25, 0.3) is 11.1 Å². The Morgan fingerprint density at radius 1 is 0.938 bits per heavy atom. The van der Waals surface area contributed by atoms with Crippen molar-refractivity contribution >= 4 is 0 Å². The first-order valence-corrected chi connectivity index (χ1v) is 5.25. The van der Waals surface area contributed by atoms with Crippen molar-refractivity contribution in [1.29, 1.82) is 0 Å². The van der Waals surface area contributed by atoms with E-state index >= 15 is 0 Å². The monoisotopic (exact) mass is 214 g/mol. The van der Waals surface area contributed by atoms with Crippen LogP contribution in [-0.4, -0.2) is 10.2 Å². The molecular weight excluding hydrogens is 200 g/mol. The summed E-state index contributed by atoms with van der Waals surface area (Å²) in [4.78, 5) is 0. The van der Waals surface area contributed by atoms with Gasteiger partial charge in [-0.2, -0.15) is 0 Å². The molecule has 0 aliphatic rings. The summed E-state index contributed by atoms with van der Waals surface area (Å²) in [7, 11) is 0. The Hall–Kier alpha value is -1.80. The molecule has 0 bridgehead atoms. The van der Waals surface area contributed by atoms with E-state index < -0.39 is 6.10 Å². The molecule has 0 fully saturated rings. The van der Waals surface area contributed by atoms with Crippen LogP contribution >= 0.6 is 0 Å². The highest BCUT2D eigenvalue weighted by molar-refractivity contribution is 5.68. The Morgan fingerprint density at radius 2 is 1.56 bits per heavy atom. The predicted molar refractivity (Wildman–Crippen MR) is 64.2 cm³/mol. The molecule has 0 amide bonds. The predicted octanol–water partition coefficient (Wildman–Crippen LogP) is 3.11. The van der Waals surface area contributed by atoms with Crippen molar-refractivity contribution in [3.8, 4) is 16.9 Å². The van der Waals surface area contributed by atoms with Crippen LogP contribution < -0.4 is 0 Å². The van der Waals surface area contributed by atoms with E-state index in [1.807, 2.05) is 36.4 Å². The number of aliphatic hydroxyl groups is 1. The van der Waals surface area contributed by atoms with E-state index in [9.17, 15) is 10.2 Å². The topological polar surface area (TPSA) is 40.5 Å². The number of hydrogen-bond acceptors (Lipinski definition) is 2. The van der Waals surface area contributed by atoms with Crippen LogP contribution in [0.15, 0.2) is 48.5 Å². The fraction of sp³-hybridized carbons (Fsp3) is 0.143. The molecule has 0 aromatic heterocycles. The van der Waals surface area contributed by atoms with Gasteiger partial charge < -0.3 is 10.2 Å². The third-order valence-electron chi connectivity index (χ3n) is 2.59. The summed E-state index contributed by atoms with van der Waals surface area (Å²) in [6.07, 6.45) is -0.495. The molecule has 82 valence electrons. The van der Waals surface area contributed by atoms with Crippen LogP contribution in [0.2, 0.25) is 0 Å². The summed E-state index contributed by atoms with van der Waals surface area (Å²) in [5.41, 5.74) is 2.89. The third kappa shape index (κ3) is 2.07. The molecule has 0 saturated carbocycles. The number of rotatable bonds is 2. The highest BCUT2D eigenvalue weighted by Gasteiger charge is 2.08. The summed E-state index contributed by atoms with van der Waals surface area (Å²) in [6, 6.07) is 14.7. The average Bonchev–Trinajstić information content (AvgIpc) is 2.30. The van der Waals surface area contributed by atoms with Gasteiger partial charge in [-0.15, -0.1) is 0 Å². The molecule has 0 aliphatic carbocycles. The van der Waals surface area contributed by atoms with E-state index in [1.165, 1.54) is 0 Å². The number of phenolic OH excluding ortho intramolecular Hbond substituents is 1. The van der Waals surface area contributed by atoms with E-state index in [0.717, 1.165) is 16.7 Å². The zero-order valence-electron chi connectivity index (χ0n) is 9.09. The van der Waals surface area contributed by atoms with E-state index in [2.05, 4.69) is 0 Å². The van der Waals surface area contributed by atoms with Crippen LogP contribution in [0.4, 0.5) is 0 Å². The van der Waals surface area contributed by atoms with E-state index in [0.29, 0.717) is 0 Å². The summed E-state index contributed by atoms with van der Waals surface area (Å²) < 4.78 is 0. The van der Waals surface area contributed by atoms with Gasteiger partial charge in [-0.1, -0.05) is 36.4 Å². The molecule has 16 heavy (non-hydrogen) atoms. The summed E-state index contributed by atoms with van der Waals surface area (Å²) in [5.74, 6) is 0.248. The Kier molecular flexibility index (Phi) is 2.93. The van der Waals surface area contributed by atoms with Gasteiger partial charge in [0.15, 0.2) is 0 Å². The third-order valence-corrected chi connectivity index (χ3v) is 2.59. The summed E-state index contributed by atoms with van der Waals surface area (Å²) in [5, 5.41) is 18.9. The largest absolute Gasteiger partial charge is 0.508 e. The highest BCUT2D eigenvalue weighted by Crippen LogP contribution is 2.28. The quantitative estimate of drug-likeness (QED) is 0.806. The maximum absolute atomic E-state index is 9.67. The molecule has 0 aliphatic heterocycles. The lowest BCUT2D eigenvalue weighted by Crippen LogP contribution is -1.94. The van der Waals surface area contributed by atoms with Gasteiger partial charge in [0, 0.05) is 0 Å². The molecule has 0 heterocycles. The first-order chi connectivity index (χ1) is 7.68. The van der Waals surface area contributed by atoms with Gasteiger partial charge in [-0.25, -0.2) is 0 Å². The standard InChI is InChI=1S/C14H14O2/c1-10(15)13-4-2-3-5-14(13)11-6-8-12(16)9-7-11/h2-10,15-16H,1H3. The number of aromatic hydroxyl groups is 1. The smallest absolute Gasteiger partial charge is 0.115 e. The van der Waals surface area contributed by atoms with Crippen molar-refractivity contribution in [1.82, 2.24) is 0 Å².